The van der Waals surface area contributed by atoms with Crippen molar-refractivity contribution in [3.8, 4) is 0 Å². The molecule has 1 aromatic carbocycles. The molecule has 1 amide bonds. The summed E-state index contributed by atoms with van der Waals surface area (Å²) in [5.74, 6) is 0.692. The Labute approximate surface area is 108 Å². The van der Waals surface area contributed by atoms with Crippen molar-refractivity contribution in [2.45, 2.75) is 12.5 Å². The molecule has 0 aliphatic carbocycles. The number of fused-ring (bicyclic) bond motifs is 1. The number of rotatable bonds is 2. The summed E-state index contributed by atoms with van der Waals surface area (Å²) in [6, 6.07) is 8.74. The Morgan fingerprint density at radius 3 is 2.94 bits per heavy atom. The van der Waals surface area contributed by atoms with E-state index in [1.807, 2.05) is 24.3 Å². The summed E-state index contributed by atoms with van der Waals surface area (Å²) in [5, 5.41) is 3.61. The van der Waals surface area contributed by atoms with Gasteiger partial charge in [0.15, 0.2) is 5.76 Å². The first-order valence-electron chi connectivity index (χ1n) is 5.70. The minimum Gasteiger partial charge on any atom is -0.451 e. The molecule has 0 bridgehead atoms. The molecule has 1 fully saturated rings. The van der Waals surface area contributed by atoms with Crippen molar-refractivity contribution < 1.29 is 14.0 Å². The van der Waals surface area contributed by atoms with Gasteiger partial charge >= 0.3 is 0 Å². The highest BCUT2D eigenvalue weighted by Gasteiger charge is 2.27. The van der Waals surface area contributed by atoms with Crippen LogP contribution in [0.25, 0.3) is 11.0 Å². The highest BCUT2D eigenvalue weighted by Crippen LogP contribution is 2.22. The van der Waals surface area contributed by atoms with Gasteiger partial charge in [-0.25, -0.2) is 0 Å². The summed E-state index contributed by atoms with van der Waals surface area (Å²) >= 11 is 1.26. The van der Waals surface area contributed by atoms with Crippen LogP contribution in [0.4, 0.5) is 0 Å². The van der Waals surface area contributed by atoms with Crippen LogP contribution in [-0.4, -0.2) is 22.8 Å². The summed E-state index contributed by atoms with van der Waals surface area (Å²) in [5.41, 5.74) is 0.676. The number of furan rings is 1. The Morgan fingerprint density at radius 2 is 2.22 bits per heavy atom. The lowest BCUT2D eigenvalue weighted by Crippen LogP contribution is -2.36. The van der Waals surface area contributed by atoms with Crippen molar-refractivity contribution >= 4 is 33.8 Å². The zero-order chi connectivity index (χ0) is 12.5. The fraction of sp³-hybridized carbons (Fsp3) is 0.231. The summed E-state index contributed by atoms with van der Waals surface area (Å²) in [6.07, 6.45) is 0.690. The van der Waals surface area contributed by atoms with Gasteiger partial charge in [-0.15, -0.1) is 0 Å². The highest BCUT2D eigenvalue weighted by molar-refractivity contribution is 8.14. The van der Waals surface area contributed by atoms with Gasteiger partial charge in [-0.05, 0) is 18.6 Å². The van der Waals surface area contributed by atoms with Crippen molar-refractivity contribution in [2.75, 3.05) is 5.75 Å². The van der Waals surface area contributed by atoms with E-state index in [4.69, 9.17) is 4.42 Å². The van der Waals surface area contributed by atoms with E-state index < -0.39 is 0 Å². The third-order valence-electron chi connectivity index (χ3n) is 2.89. The number of amides is 1. The molecule has 1 atom stereocenters. The maximum Gasteiger partial charge on any atom is 0.287 e. The van der Waals surface area contributed by atoms with Crippen molar-refractivity contribution in [2.24, 2.45) is 0 Å². The van der Waals surface area contributed by atoms with Crippen LogP contribution in [0.2, 0.25) is 0 Å². The number of carbonyl (C=O) groups excluding carboxylic acids is 2. The summed E-state index contributed by atoms with van der Waals surface area (Å²) in [7, 11) is 0. The van der Waals surface area contributed by atoms with Gasteiger partial charge in [-0.2, -0.15) is 0 Å². The maximum atomic E-state index is 11.9. The van der Waals surface area contributed by atoms with E-state index in [-0.39, 0.29) is 22.8 Å². The molecule has 1 unspecified atom stereocenters. The van der Waals surface area contributed by atoms with Crippen LogP contribution in [-0.2, 0) is 4.79 Å². The smallest absolute Gasteiger partial charge is 0.287 e. The maximum absolute atomic E-state index is 11.9. The monoisotopic (exact) mass is 261 g/mol. The first kappa shape index (κ1) is 11.3. The number of hydrogen-bond donors (Lipinski definition) is 1. The van der Waals surface area contributed by atoms with E-state index in [9.17, 15) is 9.59 Å². The van der Waals surface area contributed by atoms with E-state index >= 15 is 0 Å². The Bertz CT molecular complexity index is 586. The second-order valence-electron chi connectivity index (χ2n) is 4.13. The fourth-order valence-electron chi connectivity index (χ4n) is 1.95. The molecule has 0 saturated carbocycles. The molecular formula is C13H11NO3S. The number of benzene rings is 1. The molecule has 0 radical (unpaired) electrons. The molecule has 1 N–H and O–H groups in total. The van der Waals surface area contributed by atoms with Crippen LogP contribution in [0.5, 0.6) is 0 Å². The van der Waals surface area contributed by atoms with Gasteiger partial charge in [0.05, 0.1) is 6.04 Å². The van der Waals surface area contributed by atoms with Crippen LogP contribution in [0, 0.1) is 0 Å². The van der Waals surface area contributed by atoms with Gasteiger partial charge in [0.2, 0.25) is 5.12 Å². The number of hydrogen-bond acceptors (Lipinski definition) is 4. The van der Waals surface area contributed by atoms with Gasteiger partial charge in [-0.1, -0.05) is 30.0 Å². The van der Waals surface area contributed by atoms with E-state index in [2.05, 4.69) is 5.32 Å². The van der Waals surface area contributed by atoms with Gasteiger partial charge in [0, 0.05) is 11.1 Å². The Balaban J connectivity index is 1.81. The summed E-state index contributed by atoms with van der Waals surface area (Å²) in [6.45, 7) is 0. The predicted octanol–water partition coefficient (Wildman–Crippen LogP) is 2.19. The second-order valence-corrected chi connectivity index (χ2v) is 5.23. The van der Waals surface area contributed by atoms with Gasteiger partial charge < -0.3 is 9.73 Å². The first-order chi connectivity index (χ1) is 8.74. The molecule has 1 saturated heterocycles. The van der Waals surface area contributed by atoms with Crippen LogP contribution in [0.15, 0.2) is 34.7 Å². The molecule has 0 spiro atoms. The quantitative estimate of drug-likeness (QED) is 0.900. The largest absolute Gasteiger partial charge is 0.451 e. The van der Waals surface area contributed by atoms with Crippen molar-refractivity contribution in [3.63, 3.8) is 0 Å². The van der Waals surface area contributed by atoms with Crippen molar-refractivity contribution in [1.29, 1.82) is 0 Å². The normalized spacial score (nSPS) is 19.3. The molecule has 18 heavy (non-hydrogen) atoms. The van der Waals surface area contributed by atoms with Crippen molar-refractivity contribution in [1.82, 2.24) is 5.32 Å². The third kappa shape index (κ3) is 2.01. The first-order valence-corrected chi connectivity index (χ1v) is 6.69. The minimum atomic E-state index is -0.379. The summed E-state index contributed by atoms with van der Waals surface area (Å²) in [4.78, 5) is 23.4. The zero-order valence-electron chi connectivity index (χ0n) is 9.51. The topological polar surface area (TPSA) is 59.3 Å². The molecule has 1 aliphatic heterocycles. The van der Waals surface area contributed by atoms with Crippen molar-refractivity contribution in [3.05, 3.63) is 36.1 Å². The second kappa shape index (κ2) is 4.49. The SMILES string of the molecule is O=C(NC1CCSC1=O)c1cc2ccccc2o1. The fourth-order valence-corrected chi connectivity index (χ4v) is 2.88. The Kier molecular flexibility index (Phi) is 2.83. The van der Waals surface area contributed by atoms with Crippen LogP contribution in [0.3, 0.4) is 0 Å². The molecule has 2 heterocycles. The van der Waals surface area contributed by atoms with Crippen LogP contribution >= 0.6 is 11.8 Å². The van der Waals surface area contributed by atoms with Gasteiger partial charge in [-0.3, -0.25) is 9.59 Å². The van der Waals surface area contributed by atoms with Gasteiger partial charge in [0.25, 0.3) is 5.91 Å². The lowest BCUT2D eigenvalue weighted by atomic mass is 10.2. The Morgan fingerprint density at radius 1 is 1.39 bits per heavy atom. The van der Waals surface area contributed by atoms with Gasteiger partial charge in [0.1, 0.15) is 5.58 Å². The number of thioether (sulfide) groups is 1. The predicted molar refractivity (Wildman–Crippen MR) is 69.6 cm³/mol. The standard InChI is InChI=1S/C13H11NO3S/c15-12(14-9-5-6-18-13(9)16)11-7-8-3-1-2-4-10(8)17-11/h1-4,7,9H,5-6H2,(H,14,15). The third-order valence-corrected chi connectivity index (χ3v) is 3.90. The minimum absolute atomic E-state index is 0.0273. The molecule has 1 aliphatic rings. The Hall–Kier alpha value is -1.75. The average Bonchev–Trinajstić information content (AvgIpc) is 2.96. The van der Waals surface area contributed by atoms with Crippen LogP contribution < -0.4 is 5.32 Å². The van der Waals surface area contributed by atoms with E-state index in [0.29, 0.717) is 12.0 Å². The van der Waals surface area contributed by atoms with E-state index in [1.165, 1.54) is 11.8 Å². The number of para-hydroxylation sites is 1. The summed E-state index contributed by atoms with van der Waals surface area (Å²) < 4.78 is 5.45. The van der Waals surface area contributed by atoms with Crippen LogP contribution in [0.1, 0.15) is 17.0 Å². The lowest BCUT2D eigenvalue weighted by Gasteiger charge is -2.07. The molecule has 1 aromatic heterocycles. The lowest BCUT2D eigenvalue weighted by molar-refractivity contribution is -0.112. The molecule has 92 valence electrons. The van der Waals surface area contributed by atoms with E-state index in [1.54, 1.807) is 6.07 Å². The highest BCUT2D eigenvalue weighted by atomic mass is 32.2. The number of carbonyl (C=O) groups is 2. The molecule has 4 nitrogen and oxygen atoms in total. The van der Waals surface area contributed by atoms with E-state index in [0.717, 1.165) is 11.1 Å². The number of nitrogens with one attached hydrogen (secondary N) is 1. The molecular weight excluding hydrogens is 250 g/mol. The molecule has 2 aromatic rings. The average molecular weight is 261 g/mol. The molecule has 3 rings (SSSR count). The zero-order valence-corrected chi connectivity index (χ0v) is 10.3. The molecule has 5 heteroatoms.